The van der Waals surface area contributed by atoms with Crippen molar-refractivity contribution in [3.8, 4) is 22.4 Å². The van der Waals surface area contributed by atoms with Crippen LogP contribution in [0.25, 0.3) is 32.6 Å². The van der Waals surface area contributed by atoms with Gasteiger partial charge < -0.3 is 11.1 Å². The summed E-state index contributed by atoms with van der Waals surface area (Å²) in [6.07, 6.45) is -4.58. The van der Waals surface area contributed by atoms with Gasteiger partial charge >= 0.3 is 6.18 Å². The van der Waals surface area contributed by atoms with Crippen molar-refractivity contribution in [1.29, 1.82) is 0 Å². The molecule has 1 amide bonds. The lowest BCUT2D eigenvalue weighted by Gasteiger charge is -2.11. The van der Waals surface area contributed by atoms with Gasteiger partial charge in [-0.1, -0.05) is 71.8 Å². The van der Waals surface area contributed by atoms with Gasteiger partial charge in [-0.25, -0.2) is 4.98 Å². The fraction of sp³-hybridized carbons (Fsp3) is 0.0714. The SMILES string of the molecule is Cc1ccc(-c2cc(-c3ccccc3)c3c(N)c(C(=O)Nc4cc(C(F)(F)F)ccc4Cl)sc3n2)cc1. The van der Waals surface area contributed by atoms with Gasteiger partial charge in [-0.3, -0.25) is 4.79 Å². The molecule has 0 radical (unpaired) electrons. The molecular weight excluding hydrogens is 519 g/mol. The van der Waals surface area contributed by atoms with E-state index in [9.17, 15) is 18.0 Å². The Balaban J connectivity index is 1.63. The number of halogens is 4. The Morgan fingerprint density at radius 3 is 2.35 bits per heavy atom. The first-order valence-electron chi connectivity index (χ1n) is 11.2. The number of carbonyl (C=O) groups excluding carboxylic acids is 1. The highest BCUT2D eigenvalue weighted by Gasteiger charge is 2.31. The third-order valence-electron chi connectivity index (χ3n) is 5.88. The van der Waals surface area contributed by atoms with Crippen LogP contribution in [0.5, 0.6) is 0 Å². The van der Waals surface area contributed by atoms with Crippen LogP contribution < -0.4 is 11.1 Å². The van der Waals surface area contributed by atoms with Crippen molar-refractivity contribution in [3.63, 3.8) is 0 Å². The Kier molecular flexibility index (Phi) is 6.39. The fourth-order valence-electron chi connectivity index (χ4n) is 3.98. The molecule has 0 aliphatic rings. The minimum atomic E-state index is -4.58. The van der Waals surface area contributed by atoms with Crippen molar-refractivity contribution >= 4 is 50.4 Å². The van der Waals surface area contributed by atoms with E-state index in [2.05, 4.69) is 5.32 Å². The lowest BCUT2D eigenvalue weighted by Crippen LogP contribution is -2.13. The number of anilines is 2. The summed E-state index contributed by atoms with van der Waals surface area (Å²) in [6.45, 7) is 2.00. The molecule has 0 fully saturated rings. The minimum absolute atomic E-state index is 0.0224. The number of nitrogens with one attached hydrogen (secondary N) is 1. The van der Waals surface area contributed by atoms with Crippen LogP contribution >= 0.6 is 22.9 Å². The molecule has 2 aromatic heterocycles. The number of aryl methyl sites for hydroxylation is 1. The van der Waals surface area contributed by atoms with E-state index in [1.807, 2.05) is 67.6 Å². The molecule has 9 heteroatoms. The standard InChI is InChI=1S/C28H19ClF3N3OS/c1-15-7-9-17(10-8-15)21-14-19(16-5-3-2-4-6-16)23-24(33)25(37-27(23)35-21)26(36)34-22-13-18(28(30,31)32)11-12-20(22)29/h2-14H,33H2,1H3,(H,34,36). The Morgan fingerprint density at radius 1 is 0.973 bits per heavy atom. The summed E-state index contributed by atoms with van der Waals surface area (Å²) in [7, 11) is 0. The van der Waals surface area contributed by atoms with Crippen LogP contribution in [0.2, 0.25) is 5.02 Å². The molecule has 0 aliphatic heterocycles. The van der Waals surface area contributed by atoms with E-state index in [4.69, 9.17) is 22.3 Å². The zero-order valence-electron chi connectivity index (χ0n) is 19.4. The van der Waals surface area contributed by atoms with E-state index in [0.717, 1.165) is 51.8 Å². The summed E-state index contributed by atoms with van der Waals surface area (Å²) >= 11 is 7.15. The number of nitrogens with two attached hydrogens (primary N) is 1. The van der Waals surface area contributed by atoms with Crippen LogP contribution in [0.3, 0.4) is 0 Å². The summed E-state index contributed by atoms with van der Waals surface area (Å²) in [5, 5.41) is 3.07. The van der Waals surface area contributed by atoms with E-state index < -0.39 is 17.6 Å². The molecule has 37 heavy (non-hydrogen) atoms. The molecule has 0 saturated carbocycles. The molecule has 4 nitrogen and oxygen atoms in total. The van der Waals surface area contributed by atoms with Crippen molar-refractivity contribution in [1.82, 2.24) is 4.98 Å². The van der Waals surface area contributed by atoms with Crippen molar-refractivity contribution in [2.45, 2.75) is 13.1 Å². The predicted molar refractivity (Wildman–Crippen MR) is 144 cm³/mol. The van der Waals surface area contributed by atoms with Crippen molar-refractivity contribution in [2.75, 3.05) is 11.1 Å². The van der Waals surface area contributed by atoms with E-state index in [-0.39, 0.29) is 21.3 Å². The van der Waals surface area contributed by atoms with Gasteiger partial charge in [0.2, 0.25) is 0 Å². The number of rotatable bonds is 4. The largest absolute Gasteiger partial charge is 0.416 e. The van der Waals surface area contributed by atoms with Crippen LogP contribution in [-0.4, -0.2) is 10.9 Å². The van der Waals surface area contributed by atoms with Gasteiger partial charge in [-0.05, 0) is 42.3 Å². The summed E-state index contributed by atoms with van der Waals surface area (Å²) in [6, 6.07) is 22.2. The summed E-state index contributed by atoms with van der Waals surface area (Å²) in [4.78, 5) is 18.7. The van der Waals surface area contributed by atoms with Crippen LogP contribution in [0.15, 0.2) is 78.9 Å². The Labute approximate surface area is 219 Å². The molecule has 3 aromatic carbocycles. The van der Waals surface area contributed by atoms with Crippen molar-refractivity contribution < 1.29 is 18.0 Å². The summed E-state index contributed by atoms with van der Waals surface area (Å²) in [5.41, 5.74) is 10.00. The number of amides is 1. The lowest BCUT2D eigenvalue weighted by atomic mass is 9.99. The Morgan fingerprint density at radius 2 is 1.68 bits per heavy atom. The molecule has 2 heterocycles. The summed E-state index contributed by atoms with van der Waals surface area (Å²) < 4.78 is 39.6. The Bertz CT molecular complexity index is 1630. The second-order valence-electron chi connectivity index (χ2n) is 8.46. The van der Waals surface area contributed by atoms with Crippen molar-refractivity contribution in [2.24, 2.45) is 0 Å². The zero-order valence-corrected chi connectivity index (χ0v) is 20.9. The van der Waals surface area contributed by atoms with Gasteiger partial charge in [0.25, 0.3) is 5.91 Å². The normalized spacial score (nSPS) is 11.6. The second-order valence-corrected chi connectivity index (χ2v) is 9.86. The number of pyridine rings is 1. The number of fused-ring (bicyclic) bond motifs is 1. The maximum atomic E-state index is 13.2. The predicted octanol–water partition coefficient (Wildman–Crippen LogP) is 8.45. The number of hydrogen-bond acceptors (Lipinski definition) is 4. The maximum Gasteiger partial charge on any atom is 0.416 e. The molecule has 5 rings (SSSR count). The molecule has 186 valence electrons. The highest BCUT2D eigenvalue weighted by atomic mass is 35.5. The highest BCUT2D eigenvalue weighted by Crippen LogP contribution is 2.42. The van der Waals surface area contributed by atoms with Gasteiger partial charge in [0.1, 0.15) is 9.71 Å². The number of nitrogen functional groups attached to an aromatic ring is 1. The van der Waals surface area contributed by atoms with Gasteiger partial charge in [-0.15, -0.1) is 11.3 Å². The first-order valence-corrected chi connectivity index (χ1v) is 12.3. The molecule has 0 unspecified atom stereocenters. The number of nitrogens with zero attached hydrogens (tertiary/aromatic N) is 1. The van der Waals surface area contributed by atoms with E-state index in [1.54, 1.807) is 0 Å². The summed E-state index contributed by atoms with van der Waals surface area (Å²) in [5.74, 6) is -0.669. The van der Waals surface area contributed by atoms with Gasteiger partial charge in [0.05, 0.1) is 27.7 Å². The third-order valence-corrected chi connectivity index (χ3v) is 7.31. The number of aromatic nitrogens is 1. The van der Waals surface area contributed by atoms with Crippen molar-refractivity contribution in [3.05, 3.63) is 99.9 Å². The van der Waals surface area contributed by atoms with Crippen LogP contribution in [0, 0.1) is 6.92 Å². The lowest BCUT2D eigenvalue weighted by molar-refractivity contribution is -0.137. The average Bonchev–Trinajstić information content (AvgIpc) is 3.21. The topological polar surface area (TPSA) is 68.0 Å². The van der Waals surface area contributed by atoms with Gasteiger partial charge in [0.15, 0.2) is 0 Å². The molecule has 0 spiro atoms. The Hall–Kier alpha value is -3.88. The molecular formula is C28H19ClF3N3OS. The van der Waals surface area contributed by atoms with Gasteiger partial charge in [-0.2, -0.15) is 13.2 Å². The monoisotopic (exact) mass is 537 g/mol. The number of alkyl halides is 3. The third kappa shape index (κ3) is 4.90. The molecule has 0 atom stereocenters. The fourth-order valence-corrected chi connectivity index (χ4v) is 5.16. The average molecular weight is 538 g/mol. The van der Waals surface area contributed by atoms with E-state index >= 15 is 0 Å². The smallest absolute Gasteiger partial charge is 0.397 e. The second kappa shape index (κ2) is 9.53. The number of benzene rings is 3. The maximum absolute atomic E-state index is 13.2. The first kappa shape index (κ1) is 24.8. The first-order chi connectivity index (χ1) is 17.6. The molecule has 0 aliphatic carbocycles. The zero-order chi connectivity index (χ0) is 26.3. The molecule has 5 aromatic rings. The quantitative estimate of drug-likeness (QED) is 0.242. The molecule has 0 bridgehead atoms. The highest BCUT2D eigenvalue weighted by molar-refractivity contribution is 7.21. The van der Waals surface area contributed by atoms with Crippen LogP contribution in [0.4, 0.5) is 24.5 Å². The minimum Gasteiger partial charge on any atom is -0.397 e. The van der Waals surface area contributed by atoms with Gasteiger partial charge in [0, 0.05) is 10.9 Å². The number of carbonyl (C=O) groups is 1. The van der Waals surface area contributed by atoms with E-state index in [1.165, 1.54) is 0 Å². The van der Waals surface area contributed by atoms with Crippen LogP contribution in [0.1, 0.15) is 20.8 Å². The van der Waals surface area contributed by atoms with Crippen LogP contribution in [-0.2, 0) is 6.18 Å². The molecule has 0 saturated heterocycles. The number of hydrogen-bond donors (Lipinski definition) is 2. The molecule has 3 N–H and O–H groups in total. The number of thiophene rings is 1. The van der Waals surface area contributed by atoms with E-state index in [0.29, 0.717) is 15.9 Å².